The molecule has 0 unspecified atom stereocenters. The van der Waals surface area contributed by atoms with E-state index < -0.39 is 27.4 Å². The Hall–Kier alpha value is -1.31. The predicted octanol–water partition coefficient (Wildman–Crippen LogP) is 4.10. The Bertz CT molecular complexity index is 901. The van der Waals surface area contributed by atoms with Crippen molar-refractivity contribution in [1.29, 1.82) is 0 Å². The SMILES string of the molecule is COC(=O)[C@@H](NS(=O)(=O)c1ccc(C)cc1)[C@@H](Cl)c1ccc(Cl)cc1Cl. The first kappa shape index (κ1) is 21.0. The van der Waals surface area contributed by atoms with Crippen LogP contribution in [0.4, 0.5) is 0 Å². The number of sulfonamides is 1. The van der Waals surface area contributed by atoms with Crippen molar-refractivity contribution in [3.8, 4) is 0 Å². The number of hydrogen-bond acceptors (Lipinski definition) is 4. The Balaban J connectivity index is 2.38. The lowest BCUT2D eigenvalue weighted by atomic mass is 10.1. The molecule has 0 radical (unpaired) electrons. The Morgan fingerprint density at radius 2 is 1.73 bits per heavy atom. The van der Waals surface area contributed by atoms with Gasteiger partial charge in [0.05, 0.1) is 17.4 Å². The highest BCUT2D eigenvalue weighted by atomic mass is 35.5. The molecule has 2 aromatic rings. The van der Waals surface area contributed by atoms with E-state index in [1.807, 2.05) is 6.92 Å². The minimum absolute atomic E-state index is 0.00285. The first-order valence-electron chi connectivity index (χ1n) is 7.41. The molecule has 0 amide bonds. The zero-order chi connectivity index (χ0) is 19.5. The van der Waals surface area contributed by atoms with Crippen LogP contribution in [0.25, 0.3) is 0 Å². The Labute approximate surface area is 167 Å². The first-order valence-corrected chi connectivity index (χ1v) is 10.1. The minimum atomic E-state index is -4.01. The highest BCUT2D eigenvalue weighted by molar-refractivity contribution is 7.89. The number of esters is 1. The second-order valence-electron chi connectivity index (χ2n) is 5.50. The fraction of sp³-hybridized carbons (Fsp3) is 0.235. The van der Waals surface area contributed by atoms with E-state index >= 15 is 0 Å². The van der Waals surface area contributed by atoms with Crippen molar-refractivity contribution in [2.45, 2.75) is 23.2 Å². The maximum absolute atomic E-state index is 12.6. The van der Waals surface area contributed by atoms with Crippen molar-refractivity contribution in [3.63, 3.8) is 0 Å². The van der Waals surface area contributed by atoms with Gasteiger partial charge in [0.2, 0.25) is 10.0 Å². The lowest BCUT2D eigenvalue weighted by molar-refractivity contribution is -0.142. The molecule has 26 heavy (non-hydrogen) atoms. The minimum Gasteiger partial charge on any atom is -0.468 e. The van der Waals surface area contributed by atoms with Gasteiger partial charge in [-0.3, -0.25) is 4.79 Å². The lowest BCUT2D eigenvalue weighted by Crippen LogP contribution is -2.44. The quantitative estimate of drug-likeness (QED) is 0.546. The largest absolute Gasteiger partial charge is 0.468 e. The van der Waals surface area contributed by atoms with Crippen molar-refractivity contribution in [2.24, 2.45) is 0 Å². The molecule has 0 spiro atoms. The van der Waals surface area contributed by atoms with Crippen molar-refractivity contribution < 1.29 is 17.9 Å². The highest BCUT2D eigenvalue weighted by Gasteiger charge is 2.34. The van der Waals surface area contributed by atoms with Gasteiger partial charge in [-0.15, -0.1) is 11.6 Å². The molecular formula is C17H16Cl3NO4S. The van der Waals surface area contributed by atoms with Crippen LogP contribution in [0.1, 0.15) is 16.5 Å². The van der Waals surface area contributed by atoms with Crippen LogP contribution in [-0.2, 0) is 19.6 Å². The zero-order valence-corrected chi connectivity index (χ0v) is 17.0. The number of nitrogens with one attached hydrogen (secondary N) is 1. The first-order chi connectivity index (χ1) is 12.2. The molecule has 0 saturated carbocycles. The maximum atomic E-state index is 12.6. The molecule has 0 bridgehead atoms. The van der Waals surface area contributed by atoms with Crippen LogP contribution in [-0.4, -0.2) is 27.5 Å². The third-order valence-electron chi connectivity index (χ3n) is 3.62. The van der Waals surface area contributed by atoms with Gasteiger partial charge >= 0.3 is 5.97 Å². The topological polar surface area (TPSA) is 72.5 Å². The van der Waals surface area contributed by atoms with Gasteiger partial charge in [-0.1, -0.05) is 47.0 Å². The van der Waals surface area contributed by atoms with Gasteiger partial charge < -0.3 is 4.74 Å². The molecule has 2 atom stereocenters. The van der Waals surface area contributed by atoms with Crippen LogP contribution in [0.5, 0.6) is 0 Å². The summed E-state index contributed by atoms with van der Waals surface area (Å²) in [5.41, 5.74) is 1.25. The van der Waals surface area contributed by atoms with Crippen LogP contribution in [0.2, 0.25) is 10.0 Å². The summed E-state index contributed by atoms with van der Waals surface area (Å²) in [6, 6.07) is 9.31. The van der Waals surface area contributed by atoms with Gasteiger partial charge in [0.15, 0.2) is 0 Å². The highest BCUT2D eigenvalue weighted by Crippen LogP contribution is 2.33. The van der Waals surface area contributed by atoms with Crippen molar-refractivity contribution >= 4 is 50.8 Å². The number of aryl methyl sites for hydroxylation is 1. The van der Waals surface area contributed by atoms with Crippen LogP contribution >= 0.6 is 34.8 Å². The summed E-state index contributed by atoms with van der Waals surface area (Å²) < 4.78 is 32.2. The Morgan fingerprint density at radius 3 is 2.27 bits per heavy atom. The number of ether oxygens (including phenoxy) is 1. The number of benzene rings is 2. The fourth-order valence-electron chi connectivity index (χ4n) is 2.21. The second kappa shape index (κ2) is 8.59. The fourth-order valence-corrected chi connectivity index (χ4v) is 4.42. The van der Waals surface area contributed by atoms with Gasteiger partial charge in [0.1, 0.15) is 6.04 Å². The molecule has 0 aliphatic heterocycles. The van der Waals surface area contributed by atoms with Crippen LogP contribution < -0.4 is 4.72 Å². The van der Waals surface area contributed by atoms with Crippen LogP contribution in [0.3, 0.4) is 0 Å². The Morgan fingerprint density at radius 1 is 1.12 bits per heavy atom. The van der Waals surface area contributed by atoms with E-state index in [0.717, 1.165) is 12.7 Å². The van der Waals surface area contributed by atoms with Gasteiger partial charge in [0, 0.05) is 10.0 Å². The lowest BCUT2D eigenvalue weighted by Gasteiger charge is -2.22. The Kier molecular flexibility index (Phi) is 6.93. The number of rotatable bonds is 6. The molecule has 0 aromatic heterocycles. The molecular weight excluding hydrogens is 421 g/mol. The van der Waals surface area contributed by atoms with Gasteiger partial charge in [-0.2, -0.15) is 4.72 Å². The van der Waals surface area contributed by atoms with E-state index in [9.17, 15) is 13.2 Å². The number of methoxy groups -OCH3 is 1. The van der Waals surface area contributed by atoms with E-state index in [0.29, 0.717) is 10.6 Å². The summed E-state index contributed by atoms with van der Waals surface area (Å²) in [6.45, 7) is 1.83. The second-order valence-corrected chi connectivity index (χ2v) is 8.53. The third kappa shape index (κ3) is 4.90. The average Bonchev–Trinajstić information content (AvgIpc) is 2.59. The molecule has 2 rings (SSSR count). The molecule has 0 heterocycles. The molecule has 5 nitrogen and oxygen atoms in total. The zero-order valence-electron chi connectivity index (χ0n) is 13.9. The predicted molar refractivity (Wildman–Crippen MR) is 102 cm³/mol. The smallest absolute Gasteiger partial charge is 0.325 e. The monoisotopic (exact) mass is 435 g/mol. The summed E-state index contributed by atoms with van der Waals surface area (Å²) in [5.74, 6) is -0.841. The summed E-state index contributed by atoms with van der Waals surface area (Å²) >= 11 is 18.4. The van der Waals surface area contributed by atoms with Crippen molar-refractivity contribution in [2.75, 3.05) is 7.11 Å². The molecule has 0 fully saturated rings. The van der Waals surface area contributed by atoms with E-state index in [4.69, 9.17) is 39.5 Å². The molecule has 140 valence electrons. The van der Waals surface area contributed by atoms with E-state index in [2.05, 4.69) is 4.72 Å². The molecule has 2 aromatic carbocycles. The normalized spacial score (nSPS) is 13.9. The number of hydrogen-bond donors (Lipinski definition) is 1. The van der Waals surface area contributed by atoms with Gasteiger partial charge in [-0.25, -0.2) is 8.42 Å². The van der Waals surface area contributed by atoms with Gasteiger partial charge in [-0.05, 0) is 36.8 Å². The molecule has 1 N–H and O–H groups in total. The number of halogens is 3. The number of carbonyl (C=O) groups excluding carboxylic acids is 1. The van der Waals surface area contributed by atoms with Crippen LogP contribution in [0, 0.1) is 6.92 Å². The summed E-state index contributed by atoms with van der Waals surface area (Å²) in [4.78, 5) is 12.2. The maximum Gasteiger partial charge on any atom is 0.325 e. The number of carbonyl (C=O) groups is 1. The van der Waals surface area contributed by atoms with E-state index in [1.165, 1.54) is 24.3 Å². The van der Waals surface area contributed by atoms with E-state index in [1.54, 1.807) is 18.2 Å². The summed E-state index contributed by atoms with van der Waals surface area (Å²) in [7, 11) is -2.87. The molecule has 0 aliphatic rings. The van der Waals surface area contributed by atoms with Gasteiger partial charge in [0.25, 0.3) is 0 Å². The van der Waals surface area contributed by atoms with Crippen LogP contribution in [0.15, 0.2) is 47.4 Å². The summed E-state index contributed by atoms with van der Waals surface area (Å²) in [6.07, 6.45) is 0. The molecule has 0 aliphatic carbocycles. The van der Waals surface area contributed by atoms with E-state index in [-0.39, 0.29) is 9.92 Å². The number of alkyl halides is 1. The standard InChI is InChI=1S/C17H16Cl3NO4S/c1-10-3-6-12(7-4-10)26(23,24)21-16(17(22)25-2)15(20)13-8-5-11(18)9-14(13)19/h3-9,15-16,21H,1-2H3/t15-,16-/m0/s1. The average molecular weight is 437 g/mol. The summed E-state index contributed by atoms with van der Waals surface area (Å²) in [5, 5.41) is -0.508. The molecule has 0 saturated heterocycles. The van der Waals surface area contributed by atoms with Crippen molar-refractivity contribution in [1.82, 2.24) is 4.72 Å². The van der Waals surface area contributed by atoms with Crippen molar-refractivity contribution in [3.05, 3.63) is 63.6 Å². The third-order valence-corrected chi connectivity index (χ3v) is 6.13. The molecule has 9 heteroatoms.